The van der Waals surface area contributed by atoms with Gasteiger partial charge in [0.25, 0.3) is 0 Å². The topological polar surface area (TPSA) is 52.1 Å². The van der Waals surface area contributed by atoms with Gasteiger partial charge in [0.15, 0.2) is 5.82 Å². The zero-order valence-electron chi connectivity index (χ0n) is 22.3. The van der Waals surface area contributed by atoms with Crippen molar-refractivity contribution in [1.82, 2.24) is 9.97 Å². The standard InChI is InChI=1S/C32H42N2O2/c1-4-6-7-8-9-10-13-26-15-17-28(18-16-26)32-33-23-29(24-34-32)27-19-21-30(22-20-27)36-31(35)14-11-12-25(3)5-2/h15-25H,4-14H2,1-3H3. The van der Waals surface area contributed by atoms with Gasteiger partial charge in [-0.2, -0.15) is 0 Å². The predicted molar refractivity (Wildman–Crippen MR) is 149 cm³/mol. The first-order valence-electron chi connectivity index (χ1n) is 13.8. The van der Waals surface area contributed by atoms with Gasteiger partial charge in [-0.3, -0.25) is 4.79 Å². The highest BCUT2D eigenvalue weighted by atomic mass is 16.5. The summed E-state index contributed by atoms with van der Waals surface area (Å²) in [6.07, 6.45) is 16.3. The van der Waals surface area contributed by atoms with E-state index in [9.17, 15) is 4.79 Å². The first kappa shape index (κ1) is 27.6. The lowest BCUT2D eigenvalue weighted by Gasteiger charge is -2.08. The van der Waals surface area contributed by atoms with Gasteiger partial charge in [0.05, 0.1) is 0 Å². The number of benzene rings is 2. The molecular weight excluding hydrogens is 444 g/mol. The van der Waals surface area contributed by atoms with Crippen LogP contribution in [-0.4, -0.2) is 15.9 Å². The van der Waals surface area contributed by atoms with Gasteiger partial charge in [-0.1, -0.05) is 102 Å². The molecule has 2 aromatic carbocycles. The van der Waals surface area contributed by atoms with Gasteiger partial charge in [-0.25, -0.2) is 9.97 Å². The second kappa shape index (κ2) is 15.2. The van der Waals surface area contributed by atoms with E-state index in [1.165, 1.54) is 44.1 Å². The van der Waals surface area contributed by atoms with Crippen molar-refractivity contribution in [1.29, 1.82) is 0 Å². The van der Waals surface area contributed by atoms with E-state index in [0.29, 0.717) is 18.1 Å². The maximum absolute atomic E-state index is 12.1. The van der Waals surface area contributed by atoms with Crippen molar-refractivity contribution < 1.29 is 9.53 Å². The van der Waals surface area contributed by atoms with Crippen LogP contribution in [0.5, 0.6) is 5.75 Å². The number of ether oxygens (including phenoxy) is 1. The Hall–Kier alpha value is -3.01. The maximum Gasteiger partial charge on any atom is 0.311 e. The highest BCUT2D eigenvalue weighted by Gasteiger charge is 2.08. The summed E-state index contributed by atoms with van der Waals surface area (Å²) in [5.41, 5.74) is 4.34. The number of unbranched alkanes of at least 4 members (excludes halogenated alkanes) is 5. The lowest BCUT2D eigenvalue weighted by Crippen LogP contribution is -2.08. The summed E-state index contributed by atoms with van der Waals surface area (Å²) >= 11 is 0. The number of esters is 1. The highest BCUT2D eigenvalue weighted by Crippen LogP contribution is 2.24. The number of rotatable bonds is 15. The molecule has 0 radical (unpaired) electrons. The van der Waals surface area contributed by atoms with Crippen LogP contribution in [0.25, 0.3) is 22.5 Å². The number of nitrogens with zero attached hydrogens (tertiary/aromatic N) is 2. The third-order valence-corrected chi connectivity index (χ3v) is 6.88. The number of aromatic nitrogens is 2. The van der Waals surface area contributed by atoms with Crippen molar-refractivity contribution in [3.8, 4) is 28.3 Å². The van der Waals surface area contributed by atoms with E-state index in [0.717, 1.165) is 48.2 Å². The Morgan fingerprint density at radius 1 is 0.778 bits per heavy atom. The third-order valence-electron chi connectivity index (χ3n) is 6.88. The van der Waals surface area contributed by atoms with E-state index in [2.05, 4.69) is 55.0 Å². The molecule has 0 saturated carbocycles. The summed E-state index contributed by atoms with van der Waals surface area (Å²) in [6, 6.07) is 16.2. The fourth-order valence-corrected chi connectivity index (χ4v) is 4.25. The molecule has 0 spiro atoms. The Bertz CT molecular complexity index is 1030. The summed E-state index contributed by atoms with van der Waals surface area (Å²) in [5.74, 6) is 1.79. The van der Waals surface area contributed by atoms with Crippen molar-refractivity contribution in [2.24, 2.45) is 5.92 Å². The molecule has 0 saturated heterocycles. The fraction of sp³-hybridized carbons (Fsp3) is 0.469. The minimum atomic E-state index is -0.170. The molecule has 0 N–H and O–H groups in total. The van der Waals surface area contributed by atoms with Crippen molar-refractivity contribution in [2.75, 3.05) is 0 Å². The number of hydrogen-bond acceptors (Lipinski definition) is 4. The summed E-state index contributed by atoms with van der Waals surface area (Å²) in [4.78, 5) is 21.3. The van der Waals surface area contributed by atoms with Gasteiger partial charge < -0.3 is 4.74 Å². The van der Waals surface area contributed by atoms with Crippen molar-refractivity contribution in [3.63, 3.8) is 0 Å². The van der Waals surface area contributed by atoms with Gasteiger partial charge in [-0.15, -0.1) is 0 Å². The van der Waals surface area contributed by atoms with E-state index in [1.54, 1.807) is 0 Å². The summed E-state index contributed by atoms with van der Waals surface area (Å²) in [7, 11) is 0. The van der Waals surface area contributed by atoms with E-state index in [4.69, 9.17) is 4.74 Å². The second-order valence-corrected chi connectivity index (χ2v) is 9.91. The van der Waals surface area contributed by atoms with Gasteiger partial charge in [0.1, 0.15) is 5.75 Å². The van der Waals surface area contributed by atoms with Crippen LogP contribution >= 0.6 is 0 Å². The molecule has 0 aliphatic heterocycles. The Morgan fingerprint density at radius 3 is 2.08 bits per heavy atom. The lowest BCUT2D eigenvalue weighted by molar-refractivity contribution is -0.134. The quantitative estimate of drug-likeness (QED) is 0.122. The number of carbonyl (C=O) groups is 1. The molecule has 1 unspecified atom stereocenters. The Labute approximate surface area is 217 Å². The van der Waals surface area contributed by atoms with Gasteiger partial charge in [-0.05, 0) is 48.4 Å². The van der Waals surface area contributed by atoms with Gasteiger partial charge in [0.2, 0.25) is 0 Å². The molecule has 4 nitrogen and oxygen atoms in total. The molecule has 4 heteroatoms. The zero-order chi connectivity index (χ0) is 25.6. The first-order chi connectivity index (χ1) is 17.6. The second-order valence-electron chi connectivity index (χ2n) is 9.91. The molecule has 1 aromatic heterocycles. The average Bonchev–Trinajstić information content (AvgIpc) is 2.91. The summed E-state index contributed by atoms with van der Waals surface area (Å²) in [5, 5.41) is 0. The largest absolute Gasteiger partial charge is 0.427 e. The Kier molecular flexibility index (Phi) is 11.6. The molecule has 0 bridgehead atoms. The Balaban J connectivity index is 1.48. The molecule has 192 valence electrons. The molecule has 36 heavy (non-hydrogen) atoms. The smallest absolute Gasteiger partial charge is 0.311 e. The predicted octanol–water partition coefficient (Wildman–Crippen LogP) is 8.84. The average molecular weight is 487 g/mol. The number of aryl methyl sites for hydroxylation is 1. The zero-order valence-corrected chi connectivity index (χ0v) is 22.3. The van der Waals surface area contributed by atoms with Crippen LogP contribution in [0.1, 0.15) is 90.5 Å². The van der Waals surface area contributed by atoms with Crippen LogP contribution in [0.3, 0.4) is 0 Å². The van der Waals surface area contributed by atoms with Gasteiger partial charge in [0, 0.05) is 29.9 Å². The summed E-state index contributed by atoms with van der Waals surface area (Å²) < 4.78 is 5.48. The van der Waals surface area contributed by atoms with Crippen LogP contribution in [-0.2, 0) is 11.2 Å². The van der Waals surface area contributed by atoms with Crippen molar-refractivity contribution >= 4 is 5.97 Å². The summed E-state index contributed by atoms with van der Waals surface area (Å²) in [6.45, 7) is 6.65. The Morgan fingerprint density at radius 2 is 1.42 bits per heavy atom. The van der Waals surface area contributed by atoms with Gasteiger partial charge >= 0.3 is 5.97 Å². The molecule has 0 aliphatic carbocycles. The molecule has 0 aliphatic rings. The molecule has 1 atom stereocenters. The molecular formula is C32H42N2O2. The van der Waals surface area contributed by atoms with E-state index in [-0.39, 0.29) is 5.97 Å². The van der Waals surface area contributed by atoms with E-state index < -0.39 is 0 Å². The van der Waals surface area contributed by atoms with Crippen LogP contribution in [0.4, 0.5) is 0 Å². The van der Waals surface area contributed by atoms with E-state index in [1.807, 2.05) is 36.7 Å². The number of hydrogen-bond donors (Lipinski definition) is 0. The van der Waals surface area contributed by atoms with Crippen LogP contribution in [0, 0.1) is 5.92 Å². The maximum atomic E-state index is 12.1. The minimum Gasteiger partial charge on any atom is -0.427 e. The number of carbonyl (C=O) groups excluding carboxylic acids is 1. The molecule has 0 fully saturated rings. The molecule has 3 rings (SSSR count). The fourth-order valence-electron chi connectivity index (χ4n) is 4.25. The molecule has 1 heterocycles. The molecule has 3 aromatic rings. The third kappa shape index (κ3) is 9.22. The van der Waals surface area contributed by atoms with Crippen LogP contribution in [0.2, 0.25) is 0 Å². The highest BCUT2D eigenvalue weighted by molar-refractivity contribution is 5.73. The minimum absolute atomic E-state index is 0.170. The first-order valence-corrected chi connectivity index (χ1v) is 13.8. The monoisotopic (exact) mass is 486 g/mol. The SMILES string of the molecule is CCCCCCCCc1ccc(-c2ncc(-c3ccc(OC(=O)CCCC(C)CC)cc3)cn2)cc1. The van der Waals surface area contributed by atoms with E-state index >= 15 is 0 Å². The van der Waals surface area contributed by atoms with Crippen LogP contribution in [0.15, 0.2) is 60.9 Å². The molecule has 0 amide bonds. The normalized spacial score (nSPS) is 11.9. The lowest BCUT2D eigenvalue weighted by atomic mass is 10.0. The van der Waals surface area contributed by atoms with Crippen molar-refractivity contribution in [2.45, 2.75) is 91.4 Å². The van der Waals surface area contributed by atoms with Crippen LogP contribution < -0.4 is 4.74 Å². The van der Waals surface area contributed by atoms with Crippen molar-refractivity contribution in [3.05, 3.63) is 66.5 Å².